The Morgan fingerprint density at radius 3 is 1.70 bits per heavy atom. The molecule has 0 saturated carbocycles. The maximum absolute atomic E-state index is 10.4. The van der Waals surface area contributed by atoms with Crippen molar-refractivity contribution in [1.82, 2.24) is 0 Å². The van der Waals surface area contributed by atoms with Gasteiger partial charge in [0, 0.05) is 19.0 Å². The molecule has 1 atom stereocenters. The molecule has 0 aliphatic heterocycles. The van der Waals surface area contributed by atoms with Gasteiger partial charge in [-0.05, 0) is 25.2 Å². The molecule has 0 aromatic heterocycles. The smallest absolute Gasteiger partial charge is 0.748 e. The number of rotatable bonds is 23. The van der Waals surface area contributed by atoms with E-state index in [2.05, 4.69) is 13.8 Å². The fraction of sp³-hybridized carbons (Fsp3) is 1.00. The van der Waals surface area contributed by atoms with E-state index in [4.69, 9.17) is 18.9 Å². The van der Waals surface area contributed by atoms with Gasteiger partial charge in [-0.3, -0.25) is 0 Å². The van der Waals surface area contributed by atoms with Gasteiger partial charge in [0.25, 0.3) is 0 Å². The van der Waals surface area contributed by atoms with Gasteiger partial charge < -0.3 is 23.5 Å². The van der Waals surface area contributed by atoms with Crippen LogP contribution in [0.3, 0.4) is 0 Å². The minimum atomic E-state index is -4.14. The number of ether oxygens (including phenoxy) is 4. The third-order valence-electron chi connectivity index (χ3n) is 4.58. The summed E-state index contributed by atoms with van der Waals surface area (Å²) in [5, 5.41) is 0. The van der Waals surface area contributed by atoms with Crippen LogP contribution in [0.1, 0.15) is 71.6 Å². The van der Waals surface area contributed by atoms with Gasteiger partial charge in [0.2, 0.25) is 0 Å². The third-order valence-corrected chi connectivity index (χ3v) is 5.37. The molecule has 1 unspecified atom stereocenters. The van der Waals surface area contributed by atoms with E-state index in [0.717, 1.165) is 6.61 Å². The average molecular weight is 463 g/mol. The molecule has 30 heavy (non-hydrogen) atoms. The predicted molar refractivity (Wildman–Crippen MR) is 114 cm³/mol. The molecule has 0 radical (unpaired) electrons. The molecule has 0 aliphatic rings. The Kier molecular flexibility index (Phi) is 26.8. The van der Waals surface area contributed by atoms with E-state index in [9.17, 15) is 13.0 Å². The molecule has 0 bridgehead atoms. The zero-order chi connectivity index (χ0) is 21.6. The van der Waals surface area contributed by atoms with Gasteiger partial charge in [0.1, 0.15) is 0 Å². The van der Waals surface area contributed by atoms with Gasteiger partial charge >= 0.3 is 29.6 Å². The molecular weight excluding hydrogens is 419 g/mol. The van der Waals surface area contributed by atoms with Gasteiger partial charge in [0.05, 0.1) is 49.8 Å². The Balaban J connectivity index is 0. The second-order valence-corrected chi connectivity index (χ2v) is 8.91. The van der Waals surface area contributed by atoms with E-state index < -0.39 is 10.1 Å². The van der Waals surface area contributed by atoms with Crippen molar-refractivity contribution in [1.29, 1.82) is 0 Å². The third kappa shape index (κ3) is 26.8. The number of hydrogen-bond acceptors (Lipinski definition) is 7. The van der Waals surface area contributed by atoms with Crippen molar-refractivity contribution < 1.29 is 61.5 Å². The molecule has 9 heteroatoms. The molecule has 0 spiro atoms. The fourth-order valence-electron chi connectivity index (χ4n) is 2.91. The van der Waals surface area contributed by atoms with Crippen molar-refractivity contribution in [2.75, 3.05) is 58.6 Å². The summed E-state index contributed by atoms with van der Waals surface area (Å²) in [5.41, 5.74) is 0. The van der Waals surface area contributed by atoms with E-state index in [1.54, 1.807) is 0 Å². The minimum absolute atomic E-state index is 0. The topological polar surface area (TPSA) is 94.1 Å². The molecule has 0 aliphatic carbocycles. The van der Waals surface area contributed by atoms with Crippen LogP contribution in [-0.2, 0) is 29.1 Å². The van der Waals surface area contributed by atoms with Crippen molar-refractivity contribution in [2.24, 2.45) is 5.92 Å². The van der Waals surface area contributed by atoms with E-state index in [1.165, 1.54) is 51.4 Å². The maximum atomic E-state index is 10.4. The van der Waals surface area contributed by atoms with Gasteiger partial charge in [-0.1, -0.05) is 52.4 Å². The molecule has 0 heterocycles. The molecular formula is C21H43NaO7S. The summed E-state index contributed by atoms with van der Waals surface area (Å²) in [7, 11) is -4.14. The fourth-order valence-corrected chi connectivity index (χ4v) is 3.38. The molecule has 0 rings (SSSR count). The van der Waals surface area contributed by atoms with Crippen LogP contribution in [-0.4, -0.2) is 71.6 Å². The second kappa shape index (κ2) is 24.4. The Hall–Kier alpha value is 0.750. The maximum Gasteiger partial charge on any atom is 1.00 e. The first-order valence-corrected chi connectivity index (χ1v) is 12.8. The second-order valence-electron chi connectivity index (χ2n) is 7.38. The van der Waals surface area contributed by atoms with Gasteiger partial charge in [0.15, 0.2) is 0 Å². The van der Waals surface area contributed by atoms with E-state index in [0.29, 0.717) is 45.6 Å². The summed E-state index contributed by atoms with van der Waals surface area (Å²) in [6.07, 6.45) is 10.5. The molecule has 0 amide bonds. The Morgan fingerprint density at radius 2 is 1.17 bits per heavy atom. The van der Waals surface area contributed by atoms with Crippen LogP contribution in [0.2, 0.25) is 0 Å². The predicted octanol–water partition coefficient (Wildman–Crippen LogP) is 0.769. The van der Waals surface area contributed by atoms with Crippen LogP contribution in [0.15, 0.2) is 0 Å². The zero-order valence-electron chi connectivity index (χ0n) is 19.6. The zero-order valence-corrected chi connectivity index (χ0v) is 22.4. The quantitative estimate of drug-likeness (QED) is 0.126. The first kappa shape index (κ1) is 32.9. The summed E-state index contributed by atoms with van der Waals surface area (Å²) in [6, 6.07) is 0. The van der Waals surface area contributed by atoms with Gasteiger partial charge in [-0.15, -0.1) is 0 Å². The van der Waals surface area contributed by atoms with E-state index >= 15 is 0 Å². The van der Waals surface area contributed by atoms with Crippen LogP contribution in [0.25, 0.3) is 0 Å². The molecule has 176 valence electrons. The molecule has 0 saturated heterocycles. The van der Waals surface area contributed by atoms with E-state index in [1.807, 2.05) is 0 Å². The Labute approximate surface area is 207 Å². The first-order chi connectivity index (χ1) is 14.0. The normalized spacial score (nSPS) is 12.6. The van der Waals surface area contributed by atoms with Crippen LogP contribution < -0.4 is 29.6 Å². The molecule has 0 fully saturated rings. The van der Waals surface area contributed by atoms with Crippen LogP contribution >= 0.6 is 0 Å². The SMILES string of the molecule is CCCCCCC(CCCC)COCCOCCOCCOCCCS(=O)(=O)[O-].[Na+]. The van der Waals surface area contributed by atoms with Crippen molar-refractivity contribution in [2.45, 2.75) is 71.6 Å². The van der Waals surface area contributed by atoms with Gasteiger partial charge in [-0.25, -0.2) is 8.42 Å². The van der Waals surface area contributed by atoms with Crippen molar-refractivity contribution in [3.05, 3.63) is 0 Å². The van der Waals surface area contributed by atoms with Crippen molar-refractivity contribution in [3.8, 4) is 0 Å². The summed E-state index contributed by atoms with van der Waals surface area (Å²) in [5.74, 6) is 0.283. The van der Waals surface area contributed by atoms with Gasteiger partial charge in [-0.2, -0.15) is 0 Å². The van der Waals surface area contributed by atoms with Crippen LogP contribution in [0.4, 0.5) is 0 Å². The standard InChI is InChI=1S/C21H44O7S.Na/c1-3-5-7-8-11-21(10-6-4-2)20-28-18-17-27-16-15-26-14-13-25-12-9-19-29(22,23)24;/h21H,3-20H2,1-2H3,(H,22,23,24);/q;+1/p-1. The van der Waals surface area contributed by atoms with Crippen LogP contribution in [0.5, 0.6) is 0 Å². The largest absolute Gasteiger partial charge is 1.00 e. The Bertz CT molecular complexity index is 435. The number of hydrogen-bond donors (Lipinski definition) is 0. The molecule has 0 aromatic rings. The minimum Gasteiger partial charge on any atom is -0.748 e. The number of unbranched alkanes of at least 4 members (excludes halogenated alkanes) is 4. The van der Waals surface area contributed by atoms with E-state index in [-0.39, 0.29) is 48.3 Å². The van der Waals surface area contributed by atoms with Crippen molar-refractivity contribution in [3.63, 3.8) is 0 Å². The summed E-state index contributed by atoms with van der Waals surface area (Å²) < 4.78 is 53.1. The average Bonchev–Trinajstić information content (AvgIpc) is 2.68. The summed E-state index contributed by atoms with van der Waals surface area (Å²) in [4.78, 5) is 0. The molecule has 0 aromatic carbocycles. The molecule has 7 nitrogen and oxygen atoms in total. The summed E-state index contributed by atoms with van der Waals surface area (Å²) >= 11 is 0. The first-order valence-electron chi connectivity index (χ1n) is 11.2. The van der Waals surface area contributed by atoms with Crippen LogP contribution in [0, 0.1) is 5.92 Å². The summed E-state index contributed by atoms with van der Waals surface area (Å²) in [6.45, 7) is 8.52. The Morgan fingerprint density at radius 1 is 0.667 bits per heavy atom. The van der Waals surface area contributed by atoms with Crippen molar-refractivity contribution >= 4 is 10.1 Å². The molecule has 0 N–H and O–H groups in total. The monoisotopic (exact) mass is 462 g/mol.